The summed E-state index contributed by atoms with van der Waals surface area (Å²) in [4.78, 5) is 12.2. The molecule has 0 saturated carbocycles. The van der Waals surface area contributed by atoms with E-state index in [9.17, 15) is 4.79 Å². The first-order valence-electron chi connectivity index (χ1n) is 6.30. The van der Waals surface area contributed by atoms with Crippen molar-refractivity contribution < 1.29 is 9.53 Å². The molecule has 0 bridgehead atoms. The molecule has 3 N–H and O–H groups in total. The van der Waals surface area contributed by atoms with Crippen LogP contribution >= 0.6 is 0 Å². The molecule has 0 fully saturated rings. The molecule has 1 atom stereocenters. The molecule has 0 aliphatic rings. The standard InChI is InChI=1S/C14H22N2O2/c1-4-14(3,10-15)16-13(17)11-8-6-7-9-12(11)18-5-2/h6-9H,4-5,10,15H2,1-3H3,(H,16,17). The number of amides is 1. The van der Waals surface area contributed by atoms with Gasteiger partial charge in [0.25, 0.3) is 5.91 Å². The Balaban J connectivity index is 2.90. The van der Waals surface area contributed by atoms with Crippen LogP contribution in [0.2, 0.25) is 0 Å². The van der Waals surface area contributed by atoms with Gasteiger partial charge < -0.3 is 15.8 Å². The first-order valence-corrected chi connectivity index (χ1v) is 6.30. The molecular formula is C14H22N2O2. The van der Waals surface area contributed by atoms with Crippen molar-refractivity contribution in [2.24, 2.45) is 5.73 Å². The number of hydrogen-bond donors (Lipinski definition) is 2. The molecule has 0 saturated heterocycles. The van der Waals surface area contributed by atoms with Gasteiger partial charge in [0.2, 0.25) is 0 Å². The molecule has 1 aromatic rings. The molecule has 0 aromatic heterocycles. The lowest BCUT2D eigenvalue weighted by atomic mass is 9.98. The highest BCUT2D eigenvalue weighted by Crippen LogP contribution is 2.19. The molecule has 100 valence electrons. The lowest BCUT2D eigenvalue weighted by Gasteiger charge is -2.28. The van der Waals surface area contributed by atoms with E-state index >= 15 is 0 Å². The van der Waals surface area contributed by atoms with Gasteiger partial charge in [-0.3, -0.25) is 4.79 Å². The molecule has 0 spiro atoms. The van der Waals surface area contributed by atoms with Gasteiger partial charge in [-0.1, -0.05) is 19.1 Å². The summed E-state index contributed by atoms with van der Waals surface area (Å²) in [6.07, 6.45) is 0.784. The van der Waals surface area contributed by atoms with E-state index in [2.05, 4.69) is 5.32 Å². The van der Waals surface area contributed by atoms with Crippen molar-refractivity contribution >= 4 is 5.91 Å². The second-order valence-corrected chi connectivity index (χ2v) is 4.50. The first-order chi connectivity index (χ1) is 8.56. The smallest absolute Gasteiger partial charge is 0.255 e. The highest BCUT2D eigenvalue weighted by Gasteiger charge is 2.24. The average molecular weight is 250 g/mol. The van der Waals surface area contributed by atoms with Crippen molar-refractivity contribution in [2.75, 3.05) is 13.2 Å². The zero-order valence-corrected chi connectivity index (χ0v) is 11.3. The van der Waals surface area contributed by atoms with Crippen LogP contribution in [0.1, 0.15) is 37.6 Å². The maximum absolute atomic E-state index is 12.2. The van der Waals surface area contributed by atoms with Crippen LogP contribution in [-0.2, 0) is 0 Å². The number of carbonyl (C=O) groups is 1. The largest absolute Gasteiger partial charge is 0.493 e. The van der Waals surface area contributed by atoms with Crippen molar-refractivity contribution in [3.05, 3.63) is 29.8 Å². The number of benzene rings is 1. The summed E-state index contributed by atoms with van der Waals surface area (Å²) in [5, 5.41) is 2.96. The zero-order chi connectivity index (χ0) is 13.6. The van der Waals surface area contributed by atoms with Gasteiger partial charge in [0, 0.05) is 12.1 Å². The monoisotopic (exact) mass is 250 g/mol. The fourth-order valence-corrected chi connectivity index (χ4v) is 1.56. The number of rotatable bonds is 6. The third kappa shape index (κ3) is 3.47. The second-order valence-electron chi connectivity index (χ2n) is 4.50. The van der Waals surface area contributed by atoms with Crippen LogP contribution in [0.25, 0.3) is 0 Å². The summed E-state index contributed by atoms with van der Waals surface area (Å²) in [5.74, 6) is 0.460. The summed E-state index contributed by atoms with van der Waals surface area (Å²) >= 11 is 0. The molecular weight excluding hydrogens is 228 g/mol. The Bertz CT molecular complexity index is 401. The van der Waals surface area contributed by atoms with Crippen LogP contribution in [0.4, 0.5) is 0 Å². The topological polar surface area (TPSA) is 64.3 Å². The Morgan fingerprint density at radius 2 is 2.06 bits per heavy atom. The Morgan fingerprint density at radius 1 is 1.39 bits per heavy atom. The molecule has 0 heterocycles. The minimum Gasteiger partial charge on any atom is -0.493 e. The molecule has 4 heteroatoms. The van der Waals surface area contributed by atoms with Gasteiger partial charge in [0.05, 0.1) is 12.2 Å². The number of hydrogen-bond acceptors (Lipinski definition) is 3. The lowest BCUT2D eigenvalue weighted by molar-refractivity contribution is 0.0903. The Labute approximate surface area is 109 Å². The van der Waals surface area contributed by atoms with Crippen molar-refractivity contribution in [1.29, 1.82) is 0 Å². The van der Waals surface area contributed by atoms with Crippen molar-refractivity contribution in [2.45, 2.75) is 32.7 Å². The van der Waals surface area contributed by atoms with Crippen molar-refractivity contribution in [3.8, 4) is 5.75 Å². The van der Waals surface area contributed by atoms with Gasteiger partial charge in [-0.25, -0.2) is 0 Å². The molecule has 1 unspecified atom stereocenters. The molecule has 1 rings (SSSR count). The van der Waals surface area contributed by atoms with Gasteiger partial charge in [-0.2, -0.15) is 0 Å². The Kier molecular flexibility index (Phi) is 5.16. The quantitative estimate of drug-likeness (QED) is 0.811. The summed E-state index contributed by atoms with van der Waals surface area (Å²) in [5.41, 5.74) is 5.86. The van der Waals surface area contributed by atoms with Gasteiger partial charge in [-0.15, -0.1) is 0 Å². The molecule has 0 aliphatic heterocycles. The van der Waals surface area contributed by atoms with Crippen LogP contribution in [-0.4, -0.2) is 24.6 Å². The molecule has 18 heavy (non-hydrogen) atoms. The highest BCUT2D eigenvalue weighted by atomic mass is 16.5. The Morgan fingerprint density at radius 3 is 2.61 bits per heavy atom. The van der Waals surface area contributed by atoms with E-state index in [1.54, 1.807) is 12.1 Å². The fourth-order valence-electron chi connectivity index (χ4n) is 1.56. The molecule has 0 radical (unpaired) electrons. The van der Waals surface area contributed by atoms with Gasteiger partial charge in [0.1, 0.15) is 5.75 Å². The van der Waals surface area contributed by atoms with E-state index in [4.69, 9.17) is 10.5 Å². The van der Waals surface area contributed by atoms with Crippen molar-refractivity contribution in [1.82, 2.24) is 5.32 Å². The minimum absolute atomic E-state index is 0.145. The van der Waals surface area contributed by atoms with Crippen LogP contribution in [0, 0.1) is 0 Å². The predicted molar refractivity (Wildman–Crippen MR) is 72.8 cm³/mol. The predicted octanol–water partition coefficient (Wildman–Crippen LogP) is 1.94. The minimum atomic E-state index is -0.379. The van der Waals surface area contributed by atoms with Gasteiger partial charge >= 0.3 is 0 Å². The van der Waals surface area contributed by atoms with Gasteiger partial charge in [0.15, 0.2) is 0 Å². The number of nitrogens with one attached hydrogen (secondary N) is 1. The number of ether oxygens (including phenoxy) is 1. The summed E-state index contributed by atoms with van der Waals surface area (Å²) in [6, 6.07) is 7.23. The fraction of sp³-hybridized carbons (Fsp3) is 0.500. The van der Waals surface area contributed by atoms with Gasteiger partial charge in [-0.05, 0) is 32.4 Å². The number of carbonyl (C=O) groups excluding carboxylic acids is 1. The number of nitrogens with two attached hydrogens (primary N) is 1. The first kappa shape index (κ1) is 14.5. The van der Waals surface area contributed by atoms with Crippen LogP contribution in [0.15, 0.2) is 24.3 Å². The zero-order valence-electron chi connectivity index (χ0n) is 11.3. The average Bonchev–Trinajstić information content (AvgIpc) is 2.39. The van der Waals surface area contributed by atoms with E-state index in [1.807, 2.05) is 32.9 Å². The molecule has 1 aromatic carbocycles. The highest BCUT2D eigenvalue weighted by molar-refractivity contribution is 5.97. The van der Waals surface area contributed by atoms with E-state index in [1.165, 1.54) is 0 Å². The van der Waals surface area contributed by atoms with Crippen LogP contribution in [0.3, 0.4) is 0 Å². The lowest BCUT2D eigenvalue weighted by Crippen LogP contribution is -2.50. The van der Waals surface area contributed by atoms with E-state index in [0.717, 1.165) is 6.42 Å². The molecule has 1 amide bonds. The summed E-state index contributed by atoms with van der Waals surface area (Å²) in [7, 11) is 0. The van der Waals surface area contributed by atoms with E-state index in [0.29, 0.717) is 24.5 Å². The second kappa shape index (κ2) is 6.40. The van der Waals surface area contributed by atoms with E-state index in [-0.39, 0.29) is 11.4 Å². The molecule has 4 nitrogen and oxygen atoms in total. The summed E-state index contributed by atoms with van der Waals surface area (Å²) in [6.45, 7) is 6.78. The molecule has 0 aliphatic carbocycles. The summed E-state index contributed by atoms with van der Waals surface area (Å²) < 4.78 is 5.45. The normalized spacial score (nSPS) is 13.8. The maximum Gasteiger partial charge on any atom is 0.255 e. The maximum atomic E-state index is 12.2. The van der Waals surface area contributed by atoms with Crippen molar-refractivity contribution in [3.63, 3.8) is 0 Å². The Hall–Kier alpha value is -1.55. The van der Waals surface area contributed by atoms with Crippen LogP contribution < -0.4 is 15.8 Å². The SMILES string of the molecule is CCOc1ccccc1C(=O)NC(C)(CC)CN. The van der Waals surface area contributed by atoms with Crippen LogP contribution in [0.5, 0.6) is 5.75 Å². The third-order valence-electron chi connectivity index (χ3n) is 3.08. The third-order valence-corrected chi connectivity index (χ3v) is 3.08. The number of para-hydroxylation sites is 1. The van der Waals surface area contributed by atoms with E-state index < -0.39 is 0 Å².